The molecular weight excluding hydrogens is 247 g/mol. The predicted molar refractivity (Wildman–Crippen MR) is 75.6 cm³/mol. The highest BCUT2D eigenvalue weighted by molar-refractivity contribution is 7.09. The monoisotopic (exact) mass is 268 g/mol. The van der Waals surface area contributed by atoms with Gasteiger partial charge in [-0.15, -0.1) is 0 Å². The summed E-state index contributed by atoms with van der Waals surface area (Å²) in [7, 11) is 2.86. The van der Waals surface area contributed by atoms with Crippen molar-refractivity contribution >= 4 is 19.2 Å². The second-order valence-corrected chi connectivity index (χ2v) is 5.27. The summed E-state index contributed by atoms with van der Waals surface area (Å²) >= 11 is 0. The Morgan fingerprint density at radius 1 is 1.53 bits per heavy atom. The Morgan fingerprint density at radius 3 is 3.06 bits per heavy atom. The van der Waals surface area contributed by atoms with E-state index in [0.29, 0.717) is 9.76 Å². The molecular formula is C13H21O2PSi. The highest BCUT2D eigenvalue weighted by Gasteiger charge is 2.34. The Hall–Kier alpha value is -0.133. The SMILES string of the molecule is C[Si]OCC[C@@H]1C[C@H]1C/C=C\C#CC(C)OP. The molecule has 0 aromatic rings. The molecule has 0 amide bonds. The minimum atomic E-state index is -0.00894. The fraction of sp³-hybridized carbons (Fsp3) is 0.692. The zero-order valence-corrected chi connectivity index (χ0v) is 12.8. The van der Waals surface area contributed by atoms with Gasteiger partial charge in [-0.3, -0.25) is 0 Å². The van der Waals surface area contributed by atoms with Crippen molar-refractivity contribution < 1.29 is 8.95 Å². The fourth-order valence-corrected chi connectivity index (χ4v) is 2.16. The number of hydrogen-bond donors (Lipinski definition) is 0. The van der Waals surface area contributed by atoms with Gasteiger partial charge in [0.15, 0.2) is 0 Å². The molecule has 4 heteroatoms. The van der Waals surface area contributed by atoms with Crippen LogP contribution >= 0.6 is 9.47 Å². The molecule has 0 N–H and O–H groups in total. The van der Waals surface area contributed by atoms with Crippen LogP contribution in [0.2, 0.25) is 6.55 Å². The maximum Gasteiger partial charge on any atom is 0.226 e. The van der Waals surface area contributed by atoms with Crippen molar-refractivity contribution in [3.8, 4) is 11.8 Å². The maximum absolute atomic E-state index is 5.39. The highest BCUT2D eigenvalue weighted by atomic mass is 31.0. The van der Waals surface area contributed by atoms with Crippen molar-refractivity contribution in [2.24, 2.45) is 11.8 Å². The molecule has 4 atom stereocenters. The maximum atomic E-state index is 5.39. The lowest BCUT2D eigenvalue weighted by molar-refractivity contribution is 0.317. The summed E-state index contributed by atoms with van der Waals surface area (Å²) in [5, 5.41) is 0. The molecule has 2 radical (unpaired) electrons. The Morgan fingerprint density at radius 2 is 2.35 bits per heavy atom. The molecule has 0 spiro atoms. The molecule has 0 heterocycles. The van der Waals surface area contributed by atoms with Gasteiger partial charge in [-0.1, -0.05) is 17.9 Å². The standard InChI is InChI=1S/C13H21O2PSi/c1-11(15-16)6-4-3-5-7-12-10-13(12)8-9-14-17-2/h3,5,11-13H,7-10,16H2,1-2H3/b5-3-/t11?,12-,13-/m1/s1. The Bertz CT molecular complexity index is 296. The normalized spacial score (nSPS) is 24.4. The zero-order chi connectivity index (χ0) is 12.5. The summed E-state index contributed by atoms with van der Waals surface area (Å²) in [5.41, 5.74) is 0. The average molecular weight is 268 g/mol. The van der Waals surface area contributed by atoms with Gasteiger partial charge in [-0.05, 0) is 50.6 Å². The third-order valence-corrected chi connectivity index (χ3v) is 3.84. The third-order valence-electron chi connectivity index (χ3n) is 2.93. The third kappa shape index (κ3) is 7.01. The van der Waals surface area contributed by atoms with Crippen molar-refractivity contribution in [1.82, 2.24) is 0 Å². The van der Waals surface area contributed by atoms with Crippen molar-refractivity contribution in [3.63, 3.8) is 0 Å². The lowest BCUT2D eigenvalue weighted by atomic mass is 10.2. The van der Waals surface area contributed by atoms with Crippen LogP contribution in [-0.2, 0) is 8.95 Å². The number of hydrogen-bond acceptors (Lipinski definition) is 2. The van der Waals surface area contributed by atoms with E-state index in [4.69, 9.17) is 8.95 Å². The van der Waals surface area contributed by atoms with Crippen molar-refractivity contribution in [3.05, 3.63) is 12.2 Å². The van der Waals surface area contributed by atoms with Crippen LogP contribution in [0, 0.1) is 23.7 Å². The van der Waals surface area contributed by atoms with Gasteiger partial charge in [0.1, 0.15) is 6.10 Å². The van der Waals surface area contributed by atoms with Crippen LogP contribution in [0.4, 0.5) is 0 Å². The van der Waals surface area contributed by atoms with Crippen LogP contribution in [0.15, 0.2) is 12.2 Å². The van der Waals surface area contributed by atoms with E-state index in [1.54, 1.807) is 0 Å². The lowest BCUT2D eigenvalue weighted by Crippen LogP contribution is -1.97. The first-order valence-electron chi connectivity index (χ1n) is 6.08. The Kier molecular flexibility index (Phi) is 7.80. The lowest BCUT2D eigenvalue weighted by Gasteiger charge is -1.98. The largest absolute Gasteiger partial charge is 0.418 e. The molecule has 1 rings (SSSR count). The Labute approximate surface area is 110 Å². The molecule has 17 heavy (non-hydrogen) atoms. The van der Waals surface area contributed by atoms with E-state index in [0.717, 1.165) is 24.9 Å². The summed E-state index contributed by atoms with van der Waals surface area (Å²) in [5.74, 6) is 7.73. The average Bonchev–Trinajstić information content (AvgIpc) is 3.07. The molecule has 2 nitrogen and oxygen atoms in total. The minimum Gasteiger partial charge on any atom is -0.418 e. The Balaban J connectivity index is 2.04. The first-order valence-corrected chi connectivity index (χ1v) is 7.96. The molecule has 0 aliphatic heterocycles. The minimum absolute atomic E-state index is 0.00894. The van der Waals surface area contributed by atoms with Crippen LogP contribution in [0.1, 0.15) is 26.2 Å². The number of allylic oxidation sites excluding steroid dienone is 2. The molecule has 94 valence electrons. The van der Waals surface area contributed by atoms with Crippen molar-refractivity contribution in [1.29, 1.82) is 0 Å². The molecule has 0 bridgehead atoms. The molecule has 1 aliphatic rings. The molecule has 0 aromatic heterocycles. The van der Waals surface area contributed by atoms with Gasteiger partial charge >= 0.3 is 0 Å². The second kappa shape index (κ2) is 8.89. The van der Waals surface area contributed by atoms with Crippen LogP contribution in [-0.4, -0.2) is 22.5 Å². The predicted octanol–water partition coefficient (Wildman–Crippen LogP) is 2.84. The first kappa shape index (κ1) is 14.9. The van der Waals surface area contributed by atoms with E-state index in [9.17, 15) is 0 Å². The van der Waals surface area contributed by atoms with Crippen molar-refractivity contribution in [2.45, 2.75) is 38.8 Å². The molecule has 1 saturated carbocycles. The van der Waals surface area contributed by atoms with Gasteiger partial charge in [-0.2, -0.15) is 0 Å². The quantitative estimate of drug-likeness (QED) is 0.306. The van der Waals surface area contributed by atoms with E-state index < -0.39 is 0 Å². The second-order valence-electron chi connectivity index (χ2n) is 4.30. The number of rotatable bonds is 7. The van der Waals surface area contributed by atoms with E-state index in [1.165, 1.54) is 12.8 Å². The summed E-state index contributed by atoms with van der Waals surface area (Å²) in [4.78, 5) is 0. The van der Waals surface area contributed by atoms with Crippen LogP contribution in [0.5, 0.6) is 0 Å². The van der Waals surface area contributed by atoms with Gasteiger partial charge in [0.25, 0.3) is 0 Å². The van der Waals surface area contributed by atoms with E-state index in [1.807, 2.05) is 13.0 Å². The van der Waals surface area contributed by atoms with E-state index >= 15 is 0 Å². The van der Waals surface area contributed by atoms with Crippen LogP contribution in [0.3, 0.4) is 0 Å². The molecule has 1 fully saturated rings. The molecule has 1 aliphatic carbocycles. The van der Waals surface area contributed by atoms with E-state index in [-0.39, 0.29) is 6.10 Å². The van der Waals surface area contributed by atoms with Gasteiger partial charge in [0, 0.05) is 16.1 Å². The van der Waals surface area contributed by atoms with Gasteiger partial charge in [0.05, 0.1) is 0 Å². The topological polar surface area (TPSA) is 18.5 Å². The van der Waals surface area contributed by atoms with Crippen molar-refractivity contribution in [2.75, 3.05) is 6.61 Å². The van der Waals surface area contributed by atoms with Gasteiger partial charge in [0.2, 0.25) is 9.76 Å². The van der Waals surface area contributed by atoms with Crippen LogP contribution < -0.4 is 0 Å². The highest BCUT2D eigenvalue weighted by Crippen LogP contribution is 2.43. The zero-order valence-electron chi connectivity index (χ0n) is 10.6. The molecule has 2 unspecified atom stereocenters. The summed E-state index contributed by atoms with van der Waals surface area (Å²) in [6.07, 6.45) is 7.85. The molecule has 0 aromatic carbocycles. The smallest absolute Gasteiger partial charge is 0.226 e. The van der Waals surface area contributed by atoms with Crippen LogP contribution in [0.25, 0.3) is 0 Å². The molecule has 0 saturated heterocycles. The fourth-order valence-electron chi connectivity index (χ4n) is 1.77. The van der Waals surface area contributed by atoms with Gasteiger partial charge in [-0.25, -0.2) is 0 Å². The first-order chi connectivity index (χ1) is 8.27. The van der Waals surface area contributed by atoms with Gasteiger partial charge < -0.3 is 8.95 Å². The summed E-state index contributed by atoms with van der Waals surface area (Å²) in [6.45, 7) is 4.94. The summed E-state index contributed by atoms with van der Waals surface area (Å²) in [6, 6.07) is 0. The van der Waals surface area contributed by atoms with E-state index in [2.05, 4.69) is 33.9 Å². The summed E-state index contributed by atoms with van der Waals surface area (Å²) < 4.78 is 10.3.